The average Bonchev–Trinajstić information content (AvgIpc) is 2.74. The maximum absolute atomic E-state index is 11.3. The number of rotatable bonds is 7. The molecule has 0 radical (unpaired) electrons. The van der Waals surface area contributed by atoms with Crippen molar-refractivity contribution in [3.8, 4) is 0 Å². The van der Waals surface area contributed by atoms with Crippen LogP contribution in [0, 0.1) is 0 Å². The lowest BCUT2D eigenvalue weighted by molar-refractivity contribution is -0.121. The van der Waals surface area contributed by atoms with Crippen LogP contribution in [0.1, 0.15) is 18.5 Å². The minimum absolute atomic E-state index is 0. The summed E-state index contributed by atoms with van der Waals surface area (Å²) in [6.45, 7) is 1.68. The smallest absolute Gasteiger partial charge is 0.220 e. The number of halogens is 2. The van der Waals surface area contributed by atoms with E-state index in [4.69, 9.17) is 0 Å². The van der Waals surface area contributed by atoms with Gasteiger partial charge in [0.2, 0.25) is 5.91 Å². The Morgan fingerprint density at radius 3 is 2.76 bits per heavy atom. The van der Waals surface area contributed by atoms with Crippen molar-refractivity contribution in [1.29, 1.82) is 0 Å². The molecular formula is C10H19Cl2N3OS. The van der Waals surface area contributed by atoms with Gasteiger partial charge in [0, 0.05) is 18.3 Å². The van der Waals surface area contributed by atoms with Crippen LogP contribution in [0.15, 0.2) is 10.9 Å². The van der Waals surface area contributed by atoms with Gasteiger partial charge in [-0.25, -0.2) is 4.98 Å². The highest BCUT2D eigenvalue weighted by atomic mass is 35.5. The molecule has 0 atom stereocenters. The summed E-state index contributed by atoms with van der Waals surface area (Å²) in [6, 6.07) is 0. The SMILES string of the molecule is CNCCCNC(=O)CCc1cscn1.Cl.Cl. The zero-order chi connectivity index (χ0) is 10.9. The van der Waals surface area contributed by atoms with Gasteiger partial charge in [-0.3, -0.25) is 4.79 Å². The molecule has 0 unspecified atom stereocenters. The van der Waals surface area contributed by atoms with E-state index in [1.54, 1.807) is 16.8 Å². The molecule has 0 aromatic carbocycles. The Bertz CT molecular complexity index is 283. The molecule has 0 saturated carbocycles. The third kappa shape index (κ3) is 9.35. The fourth-order valence-corrected chi connectivity index (χ4v) is 1.78. The van der Waals surface area contributed by atoms with Crippen molar-refractivity contribution in [3.63, 3.8) is 0 Å². The molecule has 1 amide bonds. The minimum Gasteiger partial charge on any atom is -0.356 e. The Morgan fingerprint density at radius 1 is 1.41 bits per heavy atom. The number of amides is 1. The molecule has 4 nitrogen and oxygen atoms in total. The third-order valence-corrected chi connectivity index (χ3v) is 2.65. The van der Waals surface area contributed by atoms with Gasteiger partial charge in [-0.15, -0.1) is 36.2 Å². The van der Waals surface area contributed by atoms with Gasteiger partial charge in [0.05, 0.1) is 11.2 Å². The highest BCUT2D eigenvalue weighted by Gasteiger charge is 2.02. The van der Waals surface area contributed by atoms with Crippen molar-refractivity contribution in [1.82, 2.24) is 15.6 Å². The molecule has 17 heavy (non-hydrogen) atoms. The van der Waals surface area contributed by atoms with E-state index >= 15 is 0 Å². The number of carbonyl (C=O) groups is 1. The van der Waals surface area contributed by atoms with Crippen molar-refractivity contribution in [2.24, 2.45) is 0 Å². The molecule has 2 N–H and O–H groups in total. The van der Waals surface area contributed by atoms with E-state index in [0.717, 1.165) is 31.6 Å². The second kappa shape index (κ2) is 12.1. The predicted molar refractivity (Wildman–Crippen MR) is 76.5 cm³/mol. The van der Waals surface area contributed by atoms with Crippen LogP contribution in [0.2, 0.25) is 0 Å². The summed E-state index contributed by atoms with van der Waals surface area (Å²) < 4.78 is 0. The Labute approximate surface area is 118 Å². The molecule has 0 aliphatic heterocycles. The predicted octanol–water partition coefficient (Wildman–Crippen LogP) is 1.64. The van der Waals surface area contributed by atoms with Gasteiger partial charge in [0.25, 0.3) is 0 Å². The highest BCUT2D eigenvalue weighted by Crippen LogP contribution is 2.03. The Kier molecular flexibility index (Phi) is 13.5. The summed E-state index contributed by atoms with van der Waals surface area (Å²) in [6.07, 6.45) is 2.24. The van der Waals surface area contributed by atoms with Crippen LogP contribution in [0.5, 0.6) is 0 Å². The summed E-state index contributed by atoms with van der Waals surface area (Å²) >= 11 is 1.56. The lowest BCUT2D eigenvalue weighted by Crippen LogP contribution is -2.26. The minimum atomic E-state index is 0. The molecule has 0 spiro atoms. The summed E-state index contributed by atoms with van der Waals surface area (Å²) in [7, 11) is 1.91. The molecule has 0 aliphatic carbocycles. The zero-order valence-corrected chi connectivity index (χ0v) is 12.2. The van der Waals surface area contributed by atoms with Gasteiger partial charge < -0.3 is 10.6 Å². The van der Waals surface area contributed by atoms with Crippen LogP contribution >= 0.6 is 36.2 Å². The summed E-state index contributed by atoms with van der Waals surface area (Å²) in [5.41, 5.74) is 2.80. The fourth-order valence-electron chi connectivity index (χ4n) is 1.18. The molecule has 1 rings (SSSR count). The van der Waals surface area contributed by atoms with Crippen LogP contribution in [0.25, 0.3) is 0 Å². The molecule has 1 heterocycles. The lowest BCUT2D eigenvalue weighted by Gasteiger charge is -2.03. The second-order valence-electron chi connectivity index (χ2n) is 3.29. The largest absolute Gasteiger partial charge is 0.356 e. The number of hydrogen-bond acceptors (Lipinski definition) is 4. The number of carbonyl (C=O) groups excluding carboxylic acids is 1. The molecule has 7 heteroatoms. The van der Waals surface area contributed by atoms with Gasteiger partial charge >= 0.3 is 0 Å². The van der Waals surface area contributed by atoms with E-state index in [1.165, 1.54) is 0 Å². The third-order valence-electron chi connectivity index (χ3n) is 2.02. The van der Waals surface area contributed by atoms with Crippen molar-refractivity contribution >= 4 is 42.1 Å². The van der Waals surface area contributed by atoms with Gasteiger partial charge in [0.15, 0.2) is 0 Å². The van der Waals surface area contributed by atoms with E-state index in [0.29, 0.717) is 6.42 Å². The molecule has 0 aliphatic rings. The van der Waals surface area contributed by atoms with Crippen molar-refractivity contribution in [2.45, 2.75) is 19.3 Å². The molecule has 0 saturated heterocycles. The highest BCUT2D eigenvalue weighted by molar-refractivity contribution is 7.07. The van der Waals surface area contributed by atoms with Crippen molar-refractivity contribution < 1.29 is 4.79 Å². The van der Waals surface area contributed by atoms with Crippen molar-refractivity contribution in [3.05, 3.63) is 16.6 Å². The summed E-state index contributed by atoms with van der Waals surface area (Å²) in [5.74, 6) is 0.110. The van der Waals surface area contributed by atoms with E-state index in [2.05, 4.69) is 15.6 Å². The average molecular weight is 300 g/mol. The molecule has 100 valence electrons. The van der Waals surface area contributed by atoms with Gasteiger partial charge in [-0.1, -0.05) is 0 Å². The quantitative estimate of drug-likeness (QED) is 0.753. The number of aryl methyl sites for hydroxylation is 1. The van der Waals surface area contributed by atoms with Crippen molar-refractivity contribution in [2.75, 3.05) is 20.1 Å². The summed E-state index contributed by atoms with van der Waals surface area (Å²) in [4.78, 5) is 15.5. The first kappa shape index (κ1) is 19.0. The van der Waals surface area contributed by atoms with E-state index in [1.807, 2.05) is 12.4 Å². The number of nitrogens with one attached hydrogen (secondary N) is 2. The van der Waals surface area contributed by atoms with E-state index in [9.17, 15) is 4.79 Å². The number of aromatic nitrogens is 1. The first-order valence-corrected chi connectivity index (χ1v) is 6.05. The van der Waals surface area contributed by atoms with Crippen LogP contribution in [0.3, 0.4) is 0 Å². The number of hydrogen-bond donors (Lipinski definition) is 2. The molecule has 1 aromatic rings. The molecule has 0 bridgehead atoms. The van der Waals surface area contributed by atoms with Crippen LogP contribution < -0.4 is 10.6 Å². The van der Waals surface area contributed by atoms with Gasteiger partial charge in [-0.2, -0.15) is 0 Å². The molecule has 1 aromatic heterocycles. The standard InChI is InChI=1S/C10H17N3OS.2ClH/c1-11-5-2-6-12-10(14)4-3-9-7-15-8-13-9;;/h7-8,11H,2-6H2,1H3,(H,12,14);2*1H. The van der Waals surface area contributed by atoms with Gasteiger partial charge in [0.1, 0.15) is 0 Å². The van der Waals surface area contributed by atoms with Crippen LogP contribution in [0.4, 0.5) is 0 Å². The van der Waals surface area contributed by atoms with Gasteiger partial charge in [-0.05, 0) is 26.4 Å². The fraction of sp³-hybridized carbons (Fsp3) is 0.600. The molecular weight excluding hydrogens is 281 g/mol. The first-order chi connectivity index (χ1) is 7.33. The number of nitrogens with zero attached hydrogens (tertiary/aromatic N) is 1. The molecule has 0 fully saturated rings. The van der Waals surface area contributed by atoms with Crippen LogP contribution in [-0.2, 0) is 11.2 Å². The Balaban J connectivity index is 0. The summed E-state index contributed by atoms with van der Waals surface area (Å²) in [5, 5.41) is 7.89. The van der Waals surface area contributed by atoms with E-state index in [-0.39, 0.29) is 30.7 Å². The van der Waals surface area contributed by atoms with E-state index < -0.39 is 0 Å². The lowest BCUT2D eigenvalue weighted by atomic mass is 10.2. The second-order valence-corrected chi connectivity index (χ2v) is 4.01. The maximum atomic E-state index is 11.3. The Morgan fingerprint density at radius 2 is 2.18 bits per heavy atom. The maximum Gasteiger partial charge on any atom is 0.220 e. The Hall–Kier alpha value is -0.360. The normalized spacial score (nSPS) is 9.00. The zero-order valence-electron chi connectivity index (χ0n) is 9.77. The van der Waals surface area contributed by atoms with Crippen LogP contribution in [-0.4, -0.2) is 31.0 Å². The number of thiazole rings is 1. The monoisotopic (exact) mass is 299 g/mol. The first-order valence-electron chi connectivity index (χ1n) is 5.11. The topological polar surface area (TPSA) is 54.0 Å².